The Hall–Kier alpha value is 0.220. The van der Waals surface area contributed by atoms with Crippen LogP contribution in [0.15, 0.2) is 0 Å². The van der Waals surface area contributed by atoms with Gasteiger partial charge in [-0.3, -0.25) is 9.13 Å². The van der Waals surface area contributed by atoms with Crippen LogP contribution in [0.25, 0.3) is 0 Å². The molecule has 0 aromatic carbocycles. The third kappa shape index (κ3) is 8.23. The highest BCUT2D eigenvalue weighted by molar-refractivity contribution is 7.52. The molecule has 0 aromatic rings. The Morgan fingerprint density at radius 2 is 1.22 bits per heavy atom. The fraction of sp³-hybridized carbons (Fsp3) is 1.00. The lowest BCUT2D eigenvalue weighted by atomic mass is 9.87. The van der Waals surface area contributed by atoms with Crippen molar-refractivity contribution in [2.24, 2.45) is 40.1 Å². The summed E-state index contributed by atoms with van der Waals surface area (Å²) in [5.74, 6) is 1.59. The summed E-state index contributed by atoms with van der Waals surface area (Å²) in [5.41, 5.74) is 10.6. The van der Waals surface area contributed by atoms with E-state index < -0.39 is 15.2 Å². The molecule has 2 rings (SSSR count). The van der Waals surface area contributed by atoms with Gasteiger partial charge >= 0.3 is 15.2 Å². The smallest absolute Gasteiger partial charge is 0.326 e. The first kappa shape index (κ1) is 25.3. The molecule has 27 heavy (non-hydrogen) atoms. The van der Waals surface area contributed by atoms with Crippen LogP contribution < -0.4 is 11.5 Å². The van der Waals surface area contributed by atoms with Crippen LogP contribution in [0.2, 0.25) is 0 Å². The predicted molar refractivity (Wildman–Crippen MR) is 107 cm³/mol. The third-order valence-corrected chi connectivity index (χ3v) is 8.54. The van der Waals surface area contributed by atoms with Crippen LogP contribution in [-0.4, -0.2) is 45.0 Å². The van der Waals surface area contributed by atoms with Crippen molar-refractivity contribution in [2.75, 3.05) is 25.4 Å². The van der Waals surface area contributed by atoms with Crippen LogP contribution >= 0.6 is 15.2 Å². The Kier molecular flexibility index (Phi) is 8.75. The normalized spacial score (nSPS) is 33.6. The Bertz CT molecular complexity index is 568. The first-order valence-corrected chi connectivity index (χ1v) is 13.2. The molecule has 8 N–H and O–H groups in total. The summed E-state index contributed by atoms with van der Waals surface area (Å²) < 4.78 is 21.9. The molecule has 0 heterocycles. The minimum Gasteiger partial charge on any atom is -0.330 e. The minimum absolute atomic E-state index is 0.0408. The Labute approximate surface area is 162 Å². The van der Waals surface area contributed by atoms with Crippen molar-refractivity contribution in [3.63, 3.8) is 0 Å². The van der Waals surface area contributed by atoms with Gasteiger partial charge in [-0.2, -0.15) is 0 Å². The van der Waals surface area contributed by atoms with E-state index in [1.807, 2.05) is 0 Å². The summed E-state index contributed by atoms with van der Waals surface area (Å²) in [4.78, 5) is 35.8. The van der Waals surface area contributed by atoms with E-state index in [1.165, 1.54) is 0 Å². The van der Waals surface area contributed by atoms with Crippen molar-refractivity contribution < 1.29 is 28.7 Å². The molecule has 2 aliphatic rings. The first-order chi connectivity index (χ1) is 12.1. The van der Waals surface area contributed by atoms with E-state index in [0.717, 1.165) is 32.1 Å². The van der Waals surface area contributed by atoms with Crippen molar-refractivity contribution in [3.05, 3.63) is 0 Å². The number of nitrogens with two attached hydrogens (primary N) is 2. The molecule has 4 atom stereocenters. The van der Waals surface area contributed by atoms with Gasteiger partial charge in [0.25, 0.3) is 0 Å². The van der Waals surface area contributed by atoms with Crippen LogP contribution in [0.5, 0.6) is 0 Å². The van der Waals surface area contributed by atoms with Gasteiger partial charge in [-0.1, -0.05) is 27.2 Å². The summed E-state index contributed by atoms with van der Waals surface area (Å²) in [6, 6.07) is 0. The molecule has 2 fully saturated rings. The maximum atomic E-state index is 11.0. The second kappa shape index (κ2) is 9.36. The molecule has 0 aromatic heterocycles. The van der Waals surface area contributed by atoms with Crippen molar-refractivity contribution in [3.8, 4) is 0 Å². The van der Waals surface area contributed by atoms with Crippen molar-refractivity contribution in [1.29, 1.82) is 0 Å². The Balaban J connectivity index is 0.000000271. The highest BCUT2D eigenvalue weighted by Crippen LogP contribution is 2.53. The monoisotopic (exact) mass is 428 g/mol. The van der Waals surface area contributed by atoms with E-state index in [1.54, 1.807) is 0 Å². The van der Waals surface area contributed by atoms with Crippen molar-refractivity contribution >= 4 is 15.2 Å². The molecule has 8 nitrogen and oxygen atoms in total. The molecule has 2 aliphatic carbocycles. The molecule has 0 saturated heterocycles. The molecule has 0 spiro atoms. The zero-order valence-electron chi connectivity index (χ0n) is 16.8. The SMILES string of the molecule is CC1CCC(CN)(CP(=O)(O)O)C1.C[C@H]1CC(CN)(CP(=O)(O)O)C[C@@H]1C. The van der Waals surface area contributed by atoms with E-state index in [4.69, 9.17) is 31.0 Å². The molecule has 0 amide bonds. The first-order valence-electron chi connectivity index (χ1n) is 9.64. The van der Waals surface area contributed by atoms with Crippen LogP contribution in [0, 0.1) is 28.6 Å². The highest BCUT2D eigenvalue weighted by Gasteiger charge is 2.44. The topological polar surface area (TPSA) is 167 Å². The van der Waals surface area contributed by atoms with Gasteiger partial charge in [0.1, 0.15) is 0 Å². The third-order valence-electron chi connectivity index (χ3n) is 6.38. The zero-order valence-corrected chi connectivity index (χ0v) is 18.5. The molecule has 2 saturated carbocycles. The van der Waals surface area contributed by atoms with Crippen LogP contribution in [0.1, 0.15) is 52.9 Å². The zero-order chi connectivity index (χ0) is 21.1. The molecule has 2 unspecified atom stereocenters. The van der Waals surface area contributed by atoms with Gasteiger partial charge in [0, 0.05) is 0 Å². The molecular weight excluding hydrogens is 390 g/mol. The summed E-state index contributed by atoms with van der Waals surface area (Å²) in [6.07, 6.45) is 4.35. The second-order valence-electron chi connectivity index (χ2n) is 9.26. The van der Waals surface area contributed by atoms with Gasteiger partial charge in [0.15, 0.2) is 0 Å². The average Bonchev–Trinajstić information content (AvgIpc) is 2.98. The number of hydrogen-bond donors (Lipinski definition) is 6. The van der Waals surface area contributed by atoms with E-state index >= 15 is 0 Å². The lowest BCUT2D eigenvalue weighted by Gasteiger charge is -2.27. The van der Waals surface area contributed by atoms with Crippen LogP contribution in [0.3, 0.4) is 0 Å². The maximum absolute atomic E-state index is 11.0. The largest absolute Gasteiger partial charge is 0.330 e. The van der Waals surface area contributed by atoms with Gasteiger partial charge in [0.05, 0.1) is 12.3 Å². The molecule has 0 bridgehead atoms. The van der Waals surface area contributed by atoms with E-state index in [-0.39, 0.29) is 23.2 Å². The van der Waals surface area contributed by atoms with Crippen LogP contribution in [0.4, 0.5) is 0 Å². The molecule has 0 aliphatic heterocycles. The molecular formula is C17H38N2O6P2. The van der Waals surface area contributed by atoms with E-state index in [0.29, 0.717) is 30.8 Å². The standard InChI is InChI=1S/C9H20NO3P.C8H18NO3P/c1-7-3-9(5-10,4-8(7)2)6-14(11,12)13;1-7-2-3-8(4-7,5-9)6-13(10,11)12/h7-8H,3-6,10H2,1-2H3,(H2,11,12,13);7H,2-6,9H2,1H3,(H2,10,11,12)/t7-,8-;/m0./s1. The Morgan fingerprint density at radius 1 is 0.815 bits per heavy atom. The van der Waals surface area contributed by atoms with Crippen molar-refractivity contribution in [2.45, 2.75) is 52.9 Å². The summed E-state index contributed by atoms with van der Waals surface area (Å²) in [7, 11) is -7.83. The van der Waals surface area contributed by atoms with E-state index in [2.05, 4.69) is 20.8 Å². The van der Waals surface area contributed by atoms with Gasteiger partial charge in [0.2, 0.25) is 0 Å². The lowest BCUT2D eigenvalue weighted by molar-refractivity contribution is 0.293. The Morgan fingerprint density at radius 3 is 1.52 bits per heavy atom. The second-order valence-corrected chi connectivity index (χ2v) is 12.6. The average molecular weight is 428 g/mol. The van der Waals surface area contributed by atoms with Gasteiger partial charge in [-0.15, -0.1) is 0 Å². The molecule has 0 radical (unpaired) electrons. The quantitative estimate of drug-likeness (QED) is 0.350. The minimum atomic E-state index is -3.93. The lowest BCUT2D eigenvalue weighted by Crippen LogP contribution is -2.31. The maximum Gasteiger partial charge on any atom is 0.326 e. The number of rotatable bonds is 6. The predicted octanol–water partition coefficient (Wildman–Crippen LogP) is 2.10. The summed E-state index contributed by atoms with van der Waals surface area (Å²) in [6.45, 7) is 7.13. The summed E-state index contributed by atoms with van der Waals surface area (Å²) in [5, 5.41) is 0. The fourth-order valence-corrected chi connectivity index (χ4v) is 7.53. The van der Waals surface area contributed by atoms with Gasteiger partial charge in [-0.05, 0) is 67.4 Å². The summed E-state index contributed by atoms with van der Waals surface area (Å²) >= 11 is 0. The van der Waals surface area contributed by atoms with Gasteiger partial charge in [-0.25, -0.2) is 0 Å². The van der Waals surface area contributed by atoms with Crippen LogP contribution in [-0.2, 0) is 9.13 Å². The highest BCUT2D eigenvalue weighted by atomic mass is 31.2. The molecule has 162 valence electrons. The molecule has 10 heteroatoms. The number of hydrogen-bond acceptors (Lipinski definition) is 4. The van der Waals surface area contributed by atoms with Gasteiger partial charge < -0.3 is 31.0 Å². The van der Waals surface area contributed by atoms with Crippen molar-refractivity contribution in [1.82, 2.24) is 0 Å². The van der Waals surface area contributed by atoms with E-state index in [9.17, 15) is 9.13 Å². The fourth-order valence-electron chi connectivity index (χ4n) is 4.98.